The molecule has 17 heavy (non-hydrogen) atoms. The third kappa shape index (κ3) is 2.47. The summed E-state index contributed by atoms with van der Waals surface area (Å²) in [7, 11) is -1.97. The molecule has 0 N–H and O–H groups in total. The summed E-state index contributed by atoms with van der Waals surface area (Å²) < 4.78 is 33.3. The summed E-state index contributed by atoms with van der Waals surface area (Å²) in [4.78, 5) is 3.82. The van der Waals surface area contributed by atoms with Crippen LogP contribution < -0.4 is 9.47 Å². The molecule has 0 atom stereocenters. The van der Waals surface area contributed by atoms with Crippen LogP contribution in [0.5, 0.6) is 11.5 Å². The smallest absolute Gasteiger partial charge is 0.319 e. The Hall–Kier alpha value is -1.82. The van der Waals surface area contributed by atoms with Gasteiger partial charge in [0.15, 0.2) is 0 Å². The van der Waals surface area contributed by atoms with Crippen molar-refractivity contribution in [1.82, 2.24) is 0 Å². The Balaban J connectivity index is 2.20. The summed E-state index contributed by atoms with van der Waals surface area (Å²) in [5.41, 5.74) is 0.411. The van der Waals surface area contributed by atoms with Gasteiger partial charge in [-0.2, -0.15) is 0 Å². The molecule has 0 amide bonds. The van der Waals surface area contributed by atoms with Gasteiger partial charge in [-0.25, -0.2) is 13.4 Å². The number of methoxy groups -OCH3 is 1. The molecule has 90 valence electrons. The number of nitrogens with zero attached hydrogens (tertiary/aromatic N) is 1. The molecule has 0 bridgehead atoms. The third-order valence-electron chi connectivity index (χ3n) is 2.10. The summed E-state index contributed by atoms with van der Waals surface area (Å²) in [5, 5.41) is 0.784. The summed E-state index contributed by atoms with van der Waals surface area (Å²) in [5.74, 6) is 1.07. The molecule has 1 heterocycles. The van der Waals surface area contributed by atoms with Crippen molar-refractivity contribution < 1.29 is 17.9 Å². The first-order chi connectivity index (χ1) is 8.01. The molecule has 1 aliphatic heterocycles. The van der Waals surface area contributed by atoms with E-state index < -0.39 is 9.84 Å². The first-order valence-electron chi connectivity index (χ1n) is 4.85. The zero-order valence-corrected chi connectivity index (χ0v) is 10.2. The van der Waals surface area contributed by atoms with Crippen molar-refractivity contribution in [2.45, 2.75) is 6.92 Å². The predicted molar refractivity (Wildman–Crippen MR) is 63.7 cm³/mol. The topological polar surface area (TPSA) is 65.0 Å². The molecule has 2 rings (SSSR count). The molecular formula is C11H11NO4S. The molecule has 1 aromatic rings. The fraction of sp³-hybridized carbons (Fsp3) is 0.182. The molecule has 1 aromatic carbocycles. The van der Waals surface area contributed by atoms with Crippen LogP contribution in [-0.4, -0.2) is 20.8 Å². The number of benzene rings is 1. The normalized spacial score (nSPS) is 17.3. The lowest BCUT2D eigenvalue weighted by Gasteiger charge is -2.05. The Morgan fingerprint density at radius 1 is 1.12 bits per heavy atom. The van der Waals surface area contributed by atoms with Crippen LogP contribution in [0.1, 0.15) is 6.92 Å². The molecule has 0 radical (unpaired) electrons. The van der Waals surface area contributed by atoms with Gasteiger partial charge in [-0.15, -0.1) is 0 Å². The maximum atomic E-state index is 11.5. The minimum Gasteiger partial charge on any atom is -0.497 e. The van der Waals surface area contributed by atoms with Crippen LogP contribution in [0.4, 0.5) is 0 Å². The van der Waals surface area contributed by atoms with Gasteiger partial charge in [0, 0.05) is 0 Å². The molecule has 5 nitrogen and oxygen atoms in total. The van der Waals surface area contributed by atoms with E-state index in [0.717, 1.165) is 5.41 Å². The highest BCUT2D eigenvalue weighted by molar-refractivity contribution is 8.08. The van der Waals surface area contributed by atoms with Gasteiger partial charge in [0.1, 0.15) is 11.5 Å². The van der Waals surface area contributed by atoms with E-state index in [0.29, 0.717) is 17.2 Å². The van der Waals surface area contributed by atoms with Gasteiger partial charge in [0.05, 0.1) is 18.2 Å². The van der Waals surface area contributed by atoms with Crippen LogP contribution in [0, 0.1) is 0 Å². The fourth-order valence-electron chi connectivity index (χ4n) is 1.33. The number of hydrogen-bond acceptors (Lipinski definition) is 5. The average Bonchev–Trinajstić information content (AvgIpc) is 2.53. The SMILES string of the molecule is COc1ccc(OC2=NC(C)=CS2(=O)=O)cc1. The van der Waals surface area contributed by atoms with Crippen molar-refractivity contribution in [3.8, 4) is 11.5 Å². The average molecular weight is 253 g/mol. The Morgan fingerprint density at radius 2 is 1.71 bits per heavy atom. The number of allylic oxidation sites excluding steroid dienone is 1. The number of sulfone groups is 1. The van der Waals surface area contributed by atoms with E-state index in [9.17, 15) is 8.42 Å². The number of rotatable bonds is 2. The second-order valence-electron chi connectivity index (χ2n) is 3.46. The molecule has 6 heteroatoms. The van der Waals surface area contributed by atoms with Crippen LogP contribution in [0.3, 0.4) is 0 Å². The molecular weight excluding hydrogens is 242 g/mol. The van der Waals surface area contributed by atoms with E-state index in [1.165, 1.54) is 0 Å². The summed E-state index contributed by atoms with van der Waals surface area (Å²) in [6.07, 6.45) is 0. The Morgan fingerprint density at radius 3 is 2.18 bits per heavy atom. The lowest BCUT2D eigenvalue weighted by molar-refractivity contribution is 0.414. The molecule has 0 aliphatic carbocycles. The van der Waals surface area contributed by atoms with Crippen molar-refractivity contribution >= 4 is 15.1 Å². The molecule has 1 aliphatic rings. The van der Waals surface area contributed by atoms with Crippen molar-refractivity contribution in [1.29, 1.82) is 0 Å². The first kappa shape index (κ1) is 11.7. The van der Waals surface area contributed by atoms with E-state index in [-0.39, 0.29) is 5.23 Å². The second-order valence-corrected chi connectivity index (χ2v) is 5.13. The molecule has 0 saturated carbocycles. The summed E-state index contributed by atoms with van der Waals surface area (Å²) in [6, 6.07) is 6.59. The fourth-order valence-corrected chi connectivity index (χ4v) is 2.42. The lowest BCUT2D eigenvalue weighted by Crippen LogP contribution is -2.15. The van der Waals surface area contributed by atoms with E-state index in [1.54, 1.807) is 38.3 Å². The van der Waals surface area contributed by atoms with Crippen LogP contribution in [0.15, 0.2) is 40.4 Å². The minimum atomic E-state index is -3.52. The number of hydrogen-bond donors (Lipinski definition) is 0. The summed E-state index contributed by atoms with van der Waals surface area (Å²) >= 11 is 0. The van der Waals surface area contributed by atoms with Gasteiger partial charge >= 0.3 is 5.23 Å². The van der Waals surface area contributed by atoms with Gasteiger partial charge in [-0.05, 0) is 31.2 Å². The Labute approximate surface area is 99.3 Å². The number of ether oxygens (including phenoxy) is 2. The van der Waals surface area contributed by atoms with Gasteiger partial charge in [-0.3, -0.25) is 0 Å². The van der Waals surface area contributed by atoms with Crippen LogP contribution in [0.25, 0.3) is 0 Å². The first-order valence-corrected chi connectivity index (χ1v) is 6.40. The zero-order valence-electron chi connectivity index (χ0n) is 9.38. The maximum Gasteiger partial charge on any atom is 0.319 e. The highest BCUT2D eigenvalue weighted by atomic mass is 32.2. The standard InChI is InChI=1S/C11H11NO4S/c1-8-7-17(13,14)11(12-8)16-10-5-3-9(15-2)4-6-10/h3-7H,1-2H3. The molecule has 0 saturated heterocycles. The summed E-state index contributed by atoms with van der Waals surface area (Å²) in [6.45, 7) is 1.60. The van der Waals surface area contributed by atoms with E-state index in [4.69, 9.17) is 9.47 Å². The highest BCUT2D eigenvalue weighted by Gasteiger charge is 2.25. The Bertz CT molecular complexity index is 584. The van der Waals surface area contributed by atoms with Crippen molar-refractivity contribution in [3.05, 3.63) is 35.4 Å². The van der Waals surface area contributed by atoms with Crippen molar-refractivity contribution in [2.75, 3.05) is 7.11 Å². The van der Waals surface area contributed by atoms with E-state index in [2.05, 4.69) is 4.99 Å². The Kier molecular flexibility index (Phi) is 2.89. The second kappa shape index (κ2) is 4.21. The largest absolute Gasteiger partial charge is 0.497 e. The number of aliphatic imine (C=N–C) groups is 1. The van der Waals surface area contributed by atoms with Gasteiger partial charge in [0.2, 0.25) is 0 Å². The predicted octanol–water partition coefficient (Wildman–Crippen LogP) is 1.72. The van der Waals surface area contributed by atoms with Gasteiger partial charge in [0.25, 0.3) is 9.84 Å². The van der Waals surface area contributed by atoms with Crippen LogP contribution in [-0.2, 0) is 9.84 Å². The van der Waals surface area contributed by atoms with Crippen molar-refractivity contribution in [2.24, 2.45) is 4.99 Å². The minimum absolute atomic E-state index is 0.292. The van der Waals surface area contributed by atoms with Crippen LogP contribution >= 0.6 is 0 Å². The molecule has 0 fully saturated rings. The van der Waals surface area contributed by atoms with E-state index in [1.807, 2.05) is 0 Å². The molecule has 0 spiro atoms. The van der Waals surface area contributed by atoms with E-state index >= 15 is 0 Å². The lowest BCUT2D eigenvalue weighted by atomic mass is 10.3. The maximum absolute atomic E-state index is 11.5. The third-order valence-corrected chi connectivity index (χ3v) is 3.41. The quantitative estimate of drug-likeness (QED) is 0.805. The monoisotopic (exact) mass is 253 g/mol. The van der Waals surface area contributed by atoms with Gasteiger partial charge < -0.3 is 9.47 Å². The molecule has 0 aromatic heterocycles. The van der Waals surface area contributed by atoms with Crippen LogP contribution in [0.2, 0.25) is 0 Å². The highest BCUT2D eigenvalue weighted by Crippen LogP contribution is 2.21. The zero-order chi connectivity index (χ0) is 12.5. The van der Waals surface area contributed by atoms with Gasteiger partial charge in [-0.1, -0.05) is 0 Å². The van der Waals surface area contributed by atoms with Crippen molar-refractivity contribution in [3.63, 3.8) is 0 Å². The molecule has 0 unspecified atom stereocenters.